The third-order valence-corrected chi connectivity index (χ3v) is 4.67. The largest absolute Gasteiger partial charge is 0.339 e. The highest BCUT2D eigenvalue weighted by molar-refractivity contribution is 5.94. The van der Waals surface area contributed by atoms with Crippen molar-refractivity contribution in [1.82, 2.24) is 9.80 Å². The van der Waals surface area contributed by atoms with E-state index in [-0.39, 0.29) is 17.2 Å². The van der Waals surface area contributed by atoms with Crippen LogP contribution < -0.4 is 0 Å². The monoisotopic (exact) mass is 284 g/mol. The molecule has 1 aromatic carbocycles. The highest BCUT2D eigenvalue weighted by Crippen LogP contribution is 2.39. The summed E-state index contributed by atoms with van der Waals surface area (Å²) in [5.41, 5.74) is 0.829. The molecule has 2 aliphatic rings. The lowest BCUT2D eigenvalue weighted by atomic mass is 9.86. The van der Waals surface area contributed by atoms with Crippen LogP contribution in [-0.2, 0) is 4.79 Å². The summed E-state index contributed by atoms with van der Waals surface area (Å²) in [5.74, 6) is 0.0979. The summed E-state index contributed by atoms with van der Waals surface area (Å²) in [6.07, 6.45) is 3.33. The number of carbonyl (C=O) groups excluding carboxylic acids is 2. The Labute approximate surface area is 125 Å². The van der Waals surface area contributed by atoms with E-state index in [2.05, 4.69) is 6.58 Å². The molecule has 4 heteroatoms. The highest BCUT2D eigenvalue weighted by Gasteiger charge is 2.45. The number of hydrogen-bond donors (Lipinski definition) is 0. The zero-order valence-corrected chi connectivity index (χ0v) is 12.1. The molecule has 0 N–H and O–H groups in total. The molecule has 110 valence electrons. The van der Waals surface area contributed by atoms with E-state index >= 15 is 0 Å². The highest BCUT2D eigenvalue weighted by atomic mass is 16.2. The van der Waals surface area contributed by atoms with Gasteiger partial charge in [-0.25, -0.2) is 0 Å². The Bertz CT molecular complexity index is 569. The smallest absolute Gasteiger partial charge is 0.253 e. The zero-order valence-electron chi connectivity index (χ0n) is 12.1. The van der Waals surface area contributed by atoms with E-state index in [0.29, 0.717) is 0 Å². The Morgan fingerprint density at radius 3 is 2.33 bits per heavy atom. The van der Waals surface area contributed by atoms with Crippen LogP contribution in [-0.4, -0.2) is 47.8 Å². The molecule has 1 aromatic rings. The maximum Gasteiger partial charge on any atom is 0.253 e. The van der Waals surface area contributed by atoms with Gasteiger partial charge in [0.05, 0.1) is 0 Å². The summed E-state index contributed by atoms with van der Waals surface area (Å²) in [7, 11) is 0. The van der Waals surface area contributed by atoms with Gasteiger partial charge in [0.1, 0.15) is 0 Å². The predicted molar refractivity (Wildman–Crippen MR) is 80.8 cm³/mol. The van der Waals surface area contributed by atoms with Gasteiger partial charge in [0, 0.05) is 37.2 Å². The molecule has 2 heterocycles. The maximum atomic E-state index is 12.5. The minimum absolute atomic E-state index is 0.000268. The van der Waals surface area contributed by atoms with E-state index in [9.17, 15) is 9.59 Å². The molecule has 1 spiro atoms. The van der Waals surface area contributed by atoms with Crippen LogP contribution in [0.5, 0.6) is 0 Å². The number of rotatable bonds is 2. The van der Waals surface area contributed by atoms with Gasteiger partial charge >= 0.3 is 0 Å². The molecular formula is C17H20N2O2. The van der Waals surface area contributed by atoms with Gasteiger partial charge in [-0.2, -0.15) is 0 Å². The number of likely N-dealkylation sites (tertiary alicyclic amines) is 2. The second-order valence-corrected chi connectivity index (χ2v) is 6.06. The molecule has 1 unspecified atom stereocenters. The number of hydrogen-bond acceptors (Lipinski definition) is 2. The zero-order chi connectivity index (χ0) is 14.9. The van der Waals surface area contributed by atoms with Gasteiger partial charge in [0.25, 0.3) is 5.91 Å². The van der Waals surface area contributed by atoms with E-state index in [0.717, 1.165) is 44.6 Å². The first-order valence-electron chi connectivity index (χ1n) is 7.39. The van der Waals surface area contributed by atoms with Crippen molar-refractivity contribution in [3.8, 4) is 0 Å². The summed E-state index contributed by atoms with van der Waals surface area (Å²) in [4.78, 5) is 28.0. The molecule has 0 aromatic heterocycles. The Kier molecular flexibility index (Phi) is 3.53. The first-order valence-corrected chi connectivity index (χ1v) is 7.39. The Morgan fingerprint density at radius 1 is 1.05 bits per heavy atom. The standard InChI is InChI=1S/C17H20N2O2/c1-2-15(20)18-10-8-17(12-18)9-11-19(13-17)16(21)14-6-4-3-5-7-14/h2-7H,1,8-13H2. The second-order valence-electron chi connectivity index (χ2n) is 6.06. The molecule has 2 saturated heterocycles. The molecule has 0 radical (unpaired) electrons. The molecule has 2 amide bonds. The van der Waals surface area contributed by atoms with Crippen molar-refractivity contribution in [3.63, 3.8) is 0 Å². The van der Waals surface area contributed by atoms with Crippen LogP contribution in [0.3, 0.4) is 0 Å². The third-order valence-electron chi connectivity index (χ3n) is 4.67. The van der Waals surface area contributed by atoms with Crippen LogP contribution in [0, 0.1) is 5.41 Å². The van der Waals surface area contributed by atoms with E-state index in [4.69, 9.17) is 0 Å². The maximum absolute atomic E-state index is 12.5. The lowest BCUT2D eigenvalue weighted by Gasteiger charge is -2.24. The predicted octanol–water partition coefficient (Wildman–Crippen LogP) is 1.94. The third kappa shape index (κ3) is 2.58. The number of carbonyl (C=O) groups is 2. The Hall–Kier alpha value is -2.10. The quantitative estimate of drug-likeness (QED) is 0.779. The van der Waals surface area contributed by atoms with Crippen LogP contribution in [0.2, 0.25) is 0 Å². The van der Waals surface area contributed by atoms with Crippen molar-refractivity contribution < 1.29 is 9.59 Å². The summed E-state index contributed by atoms with van der Waals surface area (Å²) in [5, 5.41) is 0. The van der Waals surface area contributed by atoms with Crippen molar-refractivity contribution in [1.29, 1.82) is 0 Å². The lowest BCUT2D eigenvalue weighted by molar-refractivity contribution is -0.125. The Morgan fingerprint density at radius 2 is 1.67 bits per heavy atom. The summed E-state index contributed by atoms with van der Waals surface area (Å²) in [6, 6.07) is 9.40. The fourth-order valence-electron chi connectivity index (χ4n) is 3.46. The SMILES string of the molecule is C=CC(=O)N1CCC2(CCN(C(=O)c3ccccc3)C2)C1. The van der Waals surface area contributed by atoms with Crippen LogP contribution in [0.15, 0.2) is 43.0 Å². The molecule has 21 heavy (non-hydrogen) atoms. The minimum Gasteiger partial charge on any atom is -0.339 e. The van der Waals surface area contributed by atoms with Gasteiger partial charge in [-0.15, -0.1) is 0 Å². The minimum atomic E-state index is -0.000268. The normalized spacial score (nSPS) is 24.6. The first kappa shape index (κ1) is 13.9. The second kappa shape index (κ2) is 5.35. The van der Waals surface area contributed by atoms with Gasteiger partial charge in [-0.05, 0) is 31.1 Å². The van der Waals surface area contributed by atoms with Crippen molar-refractivity contribution in [2.24, 2.45) is 5.41 Å². The van der Waals surface area contributed by atoms with Gasteiger partial charge in [-0.3, -0.25) is 9.59 Å². The average Bonchev–Trinajstić information content (AvgIpc) is 3.14. The molecule has 3 rings (SSSR count). The van der Waals surface area contributed by atoms with E-state index < -0.39 is 0 Å². The van der Waals surface area contributed by atoms with Crippen molar-refractivity contribution in [2.45, 2.75) is 12.8 Å². The fourth-order valence-corrected chi connectivity index (χ4v) is 3.46. The van der Waals surface area contributed by atoms with Crippen molar-refractivity contribution >= 4 is 11.8 Å². The molecule has 1 atom stereocenters. The van der Waals surface area contributed by atoms with Gasteiger partial charge in [0.15, 0.2) is 0 Å². The molecular weight excluding hydrogens is 264 g/mol. The molecule has 0 saturated carbocycles. The fraction of sp³-hybridized carbons (Fsp3) is 0.412. The van der Waals surface area contributed by atoms with Crippen LogP contribution in [0.1, 0.15) is 23.2 Å². The van der Waals surface area contributed by atoms with Crippen LogP contribution >= 0.6 is 0 Å². The molecule has 4 nitrogen and oxygen atoms in total. The molecule has 2 fully saturated rings. The van der Waals surface area contributed by atoms with Crippen LogP contribution in [0.25, 0.3) is 0 Å². The number of nitrogens with zero attached hydrogens (tertiary/aromatic N) is 2. The van der Waals surface area contributed by atoms with Crippen molar-refractivity contribution in [3.05, 3.63) is 48.6 Å². The van der Waals surface area contributed by atoms with Gasteiger partial charge < -0.3 is 9.80 Å². The molecule has 0 bridgehead atoms. The number of benzene rings is 1. The average molecular weight is 284 g/mol. The van der Waals surface area contributed by atoms with E-state index in [1.54, 1.807) is 0 Å². The number of amides is 2. The summed E-state index contributed by atoms with van der Waals surface area (Å²) < 4.78 is 0. The first-order chi connectivity index (χ1) is 10.1. The molecule has 2 aliphatic heterocycles. The van der Waals surface area contributed by atoms with Gasteiger partial charge in [0.2, 0.25) is 5.91 Å². The van der Waals surface area contributed by atoms with Gasteiger partial charge in [-0.1, -0.05) is 24.8 Å². The lowest BCUT2D eigenvalue weighted by Crippen LogP contribution is -2.35. The molecule has 0 aliphatic carbocycles. The summed E-state index contributed by atoms with van der Waals surface area (Å²) in [6.45, 7) is 6.60. The van der Waals surface area contributed by atoms with E-state index in [1.807, 2.05) is 40.1 Å². The topological polar surface area (TPSA) is 40.6 Å². The van der Waals surface area contributed by atoms with Crippen LogP contribution in [0.4, 0.5) is 0 Å². The Balaban J connectivity index is 1.67. The van der Waals surface area contributed by atoms with Crippen molar-refractivity contribution in [2.75, 3.05) is 26.2 Å². The van der Waals surface area contributed by atoms with E-state index in [1.165, 1.54) is 6.08 Å². The summed E-state index contributed by atoms with van der Waals surface area (Å²) >= 11 is 0.